The van der Waals surface area contributed by atoms with Crippen molar-refractivity contribution in [3.8, 4) is 5.75 Å². The van der Waals surface area contributed by atoms with Gasteiger partial charge in [-0.15, -0.1) is 10.2 Å². The van der Waals surface area contributed by atoms with Gasteiger partial charge in [-0.2, -0.15) is 10.2 Å². The number of hydrogen-bond acceptors (Lipinski definition) is 7. The van der Waals surface area contributed by atoms with Crippen molar-refractivity contribution in [2.24, 2.45) is 43.3 Å². The molecular formula is C13H18N8O3. The molecule has 11 heteroatoms. The predicted molar refractivity (Wildman–Crippen MR) is 90.9 cm³/mol. The fourth-order valence-corrected chi connectivity index (χ4v) is 1.52. The summed E-state index contributed by atoms with van der Waals surface area (Å²) in [6.45, 7) is 1.86. The zero-order valence-electron chi connectivity index (χ0n) is 12.9. The molecule has 0 amide bonds. The Hall–Kier alpha value is -3.63. The molecule has 0 radical (unpaired) electrons. The van der Waals surface area contributed by atoms with Crippen molar-refractivity contribution < 1.29 is 14.6 Å². The normalized spacial score (nSPS) is 10.7. The quantitative estimate of drug-likeness (QED) is 0.186. The highest BCUT2D eigenvalue weighted by Crippen LogP contribution is 2.23. The van der Waals surface area contributed by atoms with Crippen LogP contribution >= 0.6 is 0 Å². The number of nitrogens with two attached hydrogens (primary N) is 4. The van der Waals surface area contributed by atoms with Gasteiger partial charge in [0.2, 0.25) is 11.9 Å². The second kappa shape index (κ2) is 8.73. The lowest BCUT2D eigenvalue weighted by Gasteiger charge is -2.07. The van der Waals surface area contributed by atoms with Gasteiger partial charge < -0.3 is 32.8 Å². The van der Waals surface area contributed by atoms with Crippen LogP contribution in [-0.2, 0) is 4.74 Å². The van der Waals surface area contributed by atoms with E-state index < -0.39 is 5.97 Å². The number of benzene rings is 1. The molecule has 9 N–H and O–H groups in total. The monoisotopic (exact) mass is 334 g/mol. The minimum Gasteiger partial charge on any atom is -0.507 e. The number of hydrogen-bond donors (Lipinski definition) is 5. The van der Waals surface area contributed by atoms with Crippen molar-refractivity contribution in [2.75, 3.05) is 6.61 Å². The number of carbonyl (C=O) groups is 1. The van der Waals surface area contributed by atoms with E-state index in [9.17, 15) is 9.90 Å². The highest BCUT2D eigenvalue weighted by molar-refractivity contribution is 5.99. The summed E-state index contributed by atoms with van der Waals surface area (Å²) in [6, 6.07) is 2.72. The van der Waals surface area contributed by atoms with E-state index in [0.29, 0.717) is 0 Å². The molecule has 1 rings (SSSR count). The maximum Gasteiger partial charge on any atom is 0.338 e. The Bertz CT molecular complexity index is 667. The van der Waals surface area contributed by atoms with Crippen molar-refractivity contribution in [3.63, 3.8) is 0 Å². The van der Waals surface area contributed by atoms with Gasteiger partial charge in [0.1, 0.15) is 5.75 Å². The predicted octanol–water partition coefficient (Wildman–Crippen LogP) is -1.22. The van der Waals surface area contributed by atoms with Crippen LogP contribution in [0.15, 0.2) is 32.5 Å². The van der Waals surface area contributed by atoms with Crippen molar-refractivity contribution >= 4 is 30.3 Å². The Kier molecular flexibility index (Phi) is 6.70. The zero-order chi connectivity index (χ0) is 18.1. The van der Waals surface area contributed by atoms with Crippen LogP contribution in [0.25, 0.3) is 0 Å². The zero-order valence-corrected chi connectivity index (χ0v) is 12.9. The van der Waals surface area contributed by atoms with Gasteiger partial charge in [-0.3, -0.25) is 0 Å². The van der Waals surface area contributed by atoms with E-state index in [1.54, 1.807) is 6.92 Å². The average Bonchev–Trinajstić information content (AvgIpc) is 2.49. The van der Waals surface area contributed by atoms with E-state index >= 15 is 0 Å². The van der Waals surface area contributed by atoms with Crippen LogP contribution in [0.1, 0.15) is 28.4 Å². The minimum atomic E-state index is -0.592. The van der Waals surface area contributed by atoms with E-state index in [0.717, 1.165) is 12.4 Å². The Labute approximate surface area is 137 Å². The van der Waals surface area contributed by atoms with Crippen molar-refractivity contribution in [2.45, 2.75) is 6.92 Å². The molecule has 0 aliphatic heterocycles. The van der Waals surface area contributed by atoms with Gasteiger partial charge in [0.05, 0.1) is 24.6 Å². The summed E-state index contributed by atoms with van der Waals surface area (Å²) >= 11 is 0. The number of ether oxygens (including phenoxy) is 1. The van der Waals surface area contributed by atoms with Crippen LogP contribution in [0, 0.1) is 0 Å². The molecule has 0 unspecified atom stereocenters. The number of aromatic hydroxyl groups is 1. The summed E-state index contributed by atoms with van der Waals surface area (Å²) in [5.74, 6) is -1.35. The molecule has 0 spiro atoms. The van der Waals surface area contributed by atoms with Crippen LogP contribution in [0.5, 0.6) is 5.75 Å². The molecule has 128 valence electrons. The molecule has 0 saturated carbocycles. The summed E-state index contributed by atoms with van der Waals surface area (Å²) < 4.78 is 4.92. The van der Waals surface area contributed by atoms with Crippen LogP contribution in [-0.4, -0.2) is 42.0 Å². The fraction of sp³-hybridized carbons (Fsp3) is 0.154. The lowest BCUT2D eigenvalue weighted by Crippen LogP contribution is -2.21. The summed E-state index contributed by atoms with van der Waals surface area (Å²) in [5.41, 5.74) is 21.1. The molecule has 1 aromatic rings. The summed E-state index contributed by atoms with van der Waals surface area (Å²) in [7, 11) is 0. The second-order valence-electron chi connectivity index (χ2n) is 4.26. The third-order valence-corrected chi connectivity index (χ3v) is 2.42. The lowest BCUT2D eigenvalue weighted by molar-refractivity contribution is 0.0526. The SMILES string of the molecule is CCOC(=O)c1cc(/C=N/N=C(N)N)c(O)c(/C=N/N=C(N)N)c1. The van der Waals surface area contributed by atoms with Gasteiger partial charge >= 0.3 is 5.97 Å². The highest BCUT2D eigenvalue weighted by Gasteiger charge is 2.13. The molecule has 11 nitrogen and oxygen atoms in total. The van der Waals surface area contributed by atoms with Crippen molar-refractivity contribution in [3.05, 3.63) is 28.8 Å². The molecule has 0 bridgehead atoms. The largest absolute Gasteiger partial charge is 0.507 e. The number of nitrogens with zero attached hydrogens (tertiary/aromatic N) is 4. The Morgan fingerprint density at radius 2 is 1.54 bits per heavy atom. The standard InChI is InChI=1S/C13H18N8O3/c1-2-24-11(23)7-3-8(5-18-20-12(14)15)10(22)9(4-7)6-19-21-13(16)17/h3-6,22H,2H2,1H3,(H4,14,15,20)(H4,16,17,21)/b18-5+,19-6+. The Morgan fingerprint density at radius 3 is 1.92 bits per heavy atom. The first-order valence-corrected chi connectivity index (χ1v) is 6.63. The molecule has 0 heterocycles. The second-order valence-corrected chi connectivity index (χ2v) is 4.26. The maximum atomic E-state index is 11.9. The van der Waals surface area contributed by atoms with Gasteiger partial charge in [0, 0.05) is 11.1 Å². The first kappa shape index (κ1) is 18.4. The van der Waals surface area contributed by atoms with E-state index in [2.05, 4.69) is 20.4 Å². The van der Waals surface area contributed by atoms with Gasteiger partial charge in [-0.1, -0.05) is 0 Å². The molecule has 24 heavy (non-hydrogen) atoms. The van der Waals surface area contributed by atoms with Crippen molar-refractivity contribution in [1.82, 2.24) is 0 Å². The number of phenols is 1. The van der Waals surface area contributed by atoms with Gasteiger partial charge in [-0.05, 0) is 19.1 Å². The number of guanidine groups is 2. The van der Waals surface area contributed by atoms with Crippen LogP contribution in [0.3, 0.4) is 0 Å². The summed E-state index contributed by atoms with van der Waals surface area (Å²) in [5, 5.41) is 24.2. The summed E-state index contributed by atoms with van der Waals surface area (Å²) in [4.78, 5) is 11.9. The van der Waals surface area contributed by atoms with Crippen LogP contribution < -0.4 is 22.9 Å². The molecule has 0 aliphatic carbocycles. The smallest absolute Gasteiger partial charge is 0.338 e. The average molecular weight is 334 g/mol. The Morgan fingerprint density at radius 1 is 1.08 bits per heavy atom. The minimum absolute atomic E-state index is 0.159. The van der Waals surface area contributed by atoms with E-state index in [1.165, 1.54) is 12.1 Å². The topological polar surface area (TPSA) is 200 Å². The van der Waals surface area contributed by atoms with E-state index in [-0.39, 0.29) is 41.0 Å². The van der Waals surface area contributed by atoms with Gasteiger partial charge in [-0.25, -0.2) is 4.79 Å². The highest BCUT2D eigenvalue weighted by atomic mass is 16.5. The van der Waals surface area contributed by atoms with Gasteiger partial charge in [0.25, 0.3) is 0 Å². The molecule has 0 aliphatic rings. The molecule has 0 saturated heterocycles. The number of rotatable bonds is 6. The Balaban J connectivity index is 3.35. The first-order chi connectivity index (χ1) is 11.3. The van der Waals surface area contributed by atoms with E-state index in [1.807, 2.05) is 0 Å². The fourth-order valence-electron chi connectivity index (χ4n) is 1.52. The number of carbonyl (C=O) groups excluding carboxylic acids is 1. The number of phenolic OH excluding ortho intramolecular Hbond substituents is 1. The van der Waals surface area contributed by atoms with Crippen LogP contribution in [0.4, 0.5) is 0 Å². The van der Waals surface area contributed by atoms with E-state index in [4.69, 9.17) is 27.7 Å². The number of esters is 1. The summed E-state index contributed by atoms with van der Waals surface area (Å²) in [6.07, 6.45) is 2.32. The van der Waals surface area contributed by atoms with Crippen molar-refractivity contribution in [1.29, 1.82) is 0 Å². The third kappa shape index (κ3) is 5.63. The molecular weight excluding hydrogens is 316 g/mol. The first-order valence-electron chi connectivity index (χ1n) is 6.63. The molecule has 0 aromatic heterocycles. The molecule has 0 atom stereocenters. The third-order valence-electron chi connectivity index (χ3n) is 2.42. The maximum absolute atomic E-state index is 11.9. The molecule has 1 aromatic carbocycles. The lowest BCUT2D eigenvalue weighted by atomic mass is 10.0. The molecule has 0 fully saturated rings. The van der Waals surface area contributed by atoms with Gasteiger partial charge in [0.15, 0.2) is 0 Å². The van der Waals surface area contributed by atoms with Crippen LogP contribution in [0.2, 0.25) is 0 Å².